The minimum absolute atomic E-state index is 0.207. The number of hydrazine groups is 1. The molecule has 9 heteroatoms. The van der Waals surface area contributed by atoms with E-state index in [0.717, 1.165) is 33.3 Å². The van der Waals surface area contributed by atoms with Gasteiger partial charge in [-0.2, -0.15) is 0 Å². The Balaban J connectivity index is 1.40. The lowest BCUT2D eigenvalue weighted by Gasteiger charge is -2.41. The van der Waals surface area contributed by atoms with Crippen LogP contribution in [0, 0.1) is 11.8 Å². The second-order valence-corrected chi connectivity index (χ2v) is 9.45. The molecule has 1 aliphatic heterocycles. The maximum Gasteiger partial charge on any atom is 0.305 e. The molecule has 0 aromatic heterocycles. The Morgan fingerprint density at radius 3 is 2.36 bits per heavy atom. The van der Waals surface area contributed by atoms with E-state index in [0.29, 0.717) is 26.2 Å². The Morgan fingerprint density at radius 1 is 1.06 bits per heavy atom. The summed E-state index contributed by atoms with van der Waals surface area (Å²) in [7, 11) is 1.66. The summed E-state index contributed by atoms with van der Waals surface area (Å²) in [5, 5.41) is 12.9. The third kappa shape index (κ3) is 6.04. The number of ether oxygens (including phenoxy) is 1. The van der Waals surface area contributed by atoms with Gasteiger partial charge in [-0.15, -0.1) is 4.41 Å². The van der Waals surface area contributed by atoms with Crippen molar-refractivity contribution in [3.05, 3.63) is 71.8 Å². The number of hydrogen-bond acceptors (Lipinski definition) is 5. The molecule has 2 N–H and O–H groups in total. The van der Waals surface area contributed by atoms with Crippen molar-refractivity contribution in [1.82, 2.24) is 9.42 Å². The van der Waals surface area contributed by atoms with Crippen LogP contribution in [0.2, 0.25) is 0 Å². The van der Waals surface area contributed by atoms with Crippen LogP contribution in [0.25, 0.3) is 10.8 Å². The Morgan fingerprint density at radius 2 is 1.72 bits per heavy atom. The Hall–Kier alpha value is -3.42. The van der Waals surface area contributed by atoms with Crippen LogP contribution in [0.15, 0.2) is 60.7 Å². The van der Waals surface area contributed by atoms with Crippen molar-refractivity contribution in [1.29, 1.82) is 0 Å². The lowest BCUT2D eigenvalue weighted by molar-refractivity contribution is -0.139. The van der Waals surface area contributed by atoms with E-state index < -0.39 is 23.3 Å². The first kappa shape index (κ1) is 25.7. The normalized spacial score (nSPS) is 15.8. The molecule has 1 saturated heterocycles. The summed E-state index contributed by atoms with van der Waals surface area (Å²) in [6, 6.07) is 19.5. The Labute approximate surface area is 213 Å². The lowest BCUT2D eigenvalue weighted by atomic mass is 10.1. The number of fused-ring (bicyclic) bond motifs is 1. The van der Waals surface area contributed by atoms with Crippen LogP contribution in [0.5, 0.6) is 5.75 Å². The number of hydrogen-bond donors (Lipinski definition) is 2. The molecule has 0 aliphatic carbocycles. The molecule has 3 aromatic carbocycles. The minimum Gasteiger partial charge on any atom is -0.496 e. The number of methoxy groups -OCH3 is 1. The van der Waals surface area contributed by atoms with Crippen molar-refractivity contribution in [2.24, 2.45) is 0 Å². The summed E-state index contributed by atoms with van der Waals surface area (Å²) in [6.07, 6.45) is -0.207. The Kier molecular flexibility index (Phi) is 8.23. The van der Waals surface area contributed by atoms with Gasteiger partial charge < -0.3 is 14.7 Å². The number of aliphatic carboxylic acids is 1. The molecular weight excluding hydrogens is 478 g/mol. The van der Waals surface area contributed by atoms with Gasteiger partial charge in [-0.05, 0) is 54.8 Å². The van der Waals surface area contributed by atoms with Gasteiger partial charge in [0.25, 0.3) is 0 Å². The zero-order chi connectivity index (χ0) is 25.7. The van der Waals surface area contributed by atoms with Crippen molar-refractivity contribution in [2.75, 3.05) is 38.2 Å². The molecule has 3 aromatic rings. The summed E-state index contributed by atoms with van der Waals surface area (Å²) in [5.41, 5.74) is 2.86. The molecule has 0 saturated carbocycles. The summed E-state index contributed by atoms with van der Waals surface area (Å²) >= 11 is -2.28. The van der Waals surface area contributed by atoms with Crippen molar-refractivity contribution < 1.29 is 23.4 Å². The zero-order valence-electron chi connectivity index (χ0n) is 20.3. The van der Waals surface area contributed by atoms with Gasteiger partial charge in [-0.1, -0.05) is 30.0 Å². The monoisotopic (exact) mass is 507 g/mol. The predicted octanol–water partition coefficient (Wildman–Crippen LogP) is 3.59. The smallest absolute Gasteiger partial charge is 0.305 e. The molecule has 36 heavy (non-hydrogen) atoms. The number of benzene rings is 3. The van der Waals surface area contributed by atoms with E-state index in [9.17, 15) is 13.6 Å². The molecule has 1 heterocycles. The standard InChI is InChI=1S/C27H29N3O5S/c1-20(18-27(31)32)30(36(33)34)29-16-14-28(15-17-29)24-12-9-21(10-13-24)6-7-22-8-11-23-4-3-5-26(35-2)25(23)19-22/h3-5,8-13,19-20H,14-18H2,1-2H3,(H,31,32)(H,33,34). The first-order chi connectivity index (χ1) is 17.4. The molecule has 0 spiro atoms. The quantitative estimate of drug-likeness (QED) is 0.373. The molecular formula is C27H29N3O5S. The van der Waals surface area contributed by atoms with E-state index in [1.54, 1.807) is 19.0 Å². The van der Waals surface area contributed by atoms with Gasteiger partial charge in [-0.25, -0.2) is 9.22 Å². The minimum atomic E-state index is -2.28. The van der Waals surface area contributed by atoms with Crippen LogP contribution in [-0.2, 0) is 16.1 Å². The van der Waals surface area contributed by atoms with Crippen LogP contribution in [0.1, 0.15) is 24.5 Å². The third-order valence-corrected chi connectivity index (χ3v) is 7.10. The molecule has 2 unspecified atom stereocenters. The fourth-order valence-corrected chi connectivity index (χ4v) is 5.16. The second-order valence-electron chi connectivity index (χ2n) is 8.61. The number of rotatable bonds is 7. The van der Waals surface area contributed by atoms with E-state index in [1.165, 1.54) is 4.41 Å². The first-order valence-corrected chi connectivity index (χ1v) is 12.7. The van der Waals surface area contributed by atoms with Crippen LogP contribution in [0.3, 0.4) is 0 Å². The average Bonchev–Trinajstić information content (AvgIpc) is 2.87. The molecule has 8 nitrogen and oxygen atoms in total. The number of carboxylic acid groups (broad SMARTS) is 1. The lowest BCUT2D eigenvalue weighted by Crippen LogP contribution is -2.57. The first-order valence-electron chi connectivity index (χ1n) is 11.7. The summed E-state index contributed by atoms with van der Waals surface area (Å²) in [4.78, 5) is 13.2. The summed E-state index contributed by atoms with van der Waals surface area (Å²) < 4.78 is 28.3. The number of carboxylic acids is 1. The molecule has 1 aliphatic rings. The summed E-state index contributed by atoms with van der Waals surface area (Å²) in [6.45, 7) is 3.98. The molecule has 2 atom stereocenters. The molecule has 1 fully saturated rings. The number of piperazine rings is 1. The number of anilines is 1. The van der Waals surface area contributed by atoms with Gasteiger partial charge in [0.2, 0.25) is 11.3 Å². The van der Waals surface area contributed by atoms with Crippen molar-refractivity contribution in [3.63, 3.8) is 0 Å². The van der Waals surface area contributed by atoms with Gasteiger partial charge in [0, 0.05) is 54.4 Å². The number of carbonyl (C=O) groups is 1. The van der Waals surface area contributed by atoms with Crippen molar-refractivity contribution in [3.8, 4) is 17.6 Å². The van der Waals surface area contributed by atoms with Crippen LogP contribution < -0.4 is 9.64 Å². The Bertz CT molecular complexity index is 1310. The zero-order valence-corrected chi connectivity index (χ0v) is 21.1. The molecule has 4 rings (SSSR count). The van der Waals surface area contributed by atoms with E-state index in [4.69, 9.17) is 9.84 Å². The fourth-order valence-electron chi connectivity index (χ4n) is 4.41. The van der Waals surface area contributed by atoms with Gasteiger partial charge in [-0.3, -0.25) is 9.35 Å². The molecule has 0 bridgehead atoms. The van der Waals surface area contributed by atoms with Gasteiger partial charge in [0.05, 0.1) is 13.5 Å². The third-order valence-electron chi connectivity index (χ3n) is 6.19. The second kappa shape index (κ2) is 11.5. The van der Waals surface area contributed by atoms with Crippen molar-refractivity contribution in [2.45, 2.75) is 19.4 Å². The molecule has 188 valence electrons. The SMILES string of the molecule is COc1cccc2ccc(C#Cc3ccc(N4CCN(N(C(C)CC(=O)O)S(=O)O)CC4)cc3)cc12. The van der Waals surface area contributed by atoms with Gasteiger partial charge in [0.1, 0.15) is 5.75 Å². The maximum absolute atomic E-state index is 11.8. The fraction of sp³-hybridized carbons (Fsp3) is 0.296. The highest BCUT2D eigenvalue weighted by Gasteiger charge is 2.30. The van der Waals surface area contributed by atoms with Gasteiger partial charge >= 0.3 is 5.97 Å². The van der Waals surface area contributed by atoms with Crippen LogP contribution in [-0.4, -0.2) is 68.6 Å². The van der Waals surface area contributed by atoms with Crippen molar-refractivity contribution >= 4 is 33.7 Å². The van der Waals surface area contributed by atoms with E-state index >= 15 is 0 Å². The largest absolute Gasteiger partial charge is 0.496 e. The number of nitrogens with zero attached hydrogens (tertiary/aromatic N) is 3. The summed E-state index contributed by atoms with van der Waals surface area (Å²) in [5.74, 6) is 6.28. The highest BCUT2D eigenvalue weighted by atomic mass is 32.2. The highest BCUT2D eigenvalue weighted by Crippen LogP contribution is 2.26. The van der Waals surface area contributed by atoms with E-state index in [2.05, 4.69) is 16.7 Å². The van der Waals surface area contributed by atoms with Gasteiger partial charge in [0.15, 0.2) is 0 Å². The van der Waals surface area contributed by atoms with E-state index in [-0.39, 0.29) is 6.42 Å². The average molecular weight is 508 g/mol. The van der Waals surface area contributed by atoms with Crippen LogP contribution in [0.4, 0.5) is 5.69 Å². The molecule has 0 radical (unpaired) electrons. The molecule has 0 amide bonds. The van der Waals surface area contributed by atoms with Crippen LogP contribution >= 0.6 is 0 Å². The predicted molar refractivity (Wildman–Crippen MR) is 141 cm³/mol. The van der Waals surface area contributed by atoms with E-state index in [1.807, 2.05) is 60.7 Å². The highest BCUT2D eigenvalue weighted by molar-refractivity contribution is 7.76. The topological polar surface area (TPSA) is 93.5 Å². The maximum atomic E-state index is 11.8.